The van der Waals surface area contributed by atoms with Crippen LogP contribution in [0.3, 0.4) is 0 Å². The van der Waals surface area contributed by atoms with Crippen molar-refractivity contribution in [1.29, 1.82) is 0 Å². The van der Waals surface area contributed by atoms with E-state index in [1.54, 1.807) is 33.4 Å². The summed E-state index contributed by atoms with van der Waals surface area (Å²) in [6.07, 6.45) is 6.16. The quantitative estimate of drug-likeness (QED) is 0.112. The van der Waals surface area contributed by atoms with E-state index in [-0.39, 0.29) is 59.8 Å². The van der Waals surface area contributed by atoms with Crippen molar-refractivity contribution in [2.45, 2.75) is 53.4 Å². The molecule has 0 aliphatic heterocycles. The summed E-state index contributed by atoms with van der Waals surface area (Å²) in [7, 11) is 0. The van der Waals surface area contributed by atoms with E-state index in [0.29, 0.717) is 28.2 Å². The van der Waals surface area contributed by atoms with Crippen LogP contribution in [-0.2, 0) is 32.9 Å². The van der Waals surface area contributed by atoms with Crippen LogP contribution in [0.2, 0.25) is 0 Å². The Hall–Kier alpha value is -6.55. The van der Waals surface area contributed by atoms with E-state index < -0.39 is 60.4 Å². The summed E-state index contributed by atoms with van der Waals surface area (Å²) in [6, 6.07) is 34.0. The minimum absolute atomic E-state index is 0. The number of imidazole rings is 1. The molecule has 0 N–H and O–H groups in total. The van der Waals surface area contributed by atoms with Crippen molar-refractivity contribution in [2.24, 2.45) is 5.41 Å². The Bertz CT molecular complexity index is 3730. The van der Waals surface area contributed by atoms with Crippen molar-refractivity contribution < 1.29 is 44.1 Å². The molecular weight excluding hydrogens is 952 g/mol. The zero-order valence-corrected chi connectivity index (χ0v) is 37.9. The predicted molar refractivity (Wildman–Crippen MR) is 253 cm³/mol. The Labute approximate surface area is 398 Å². The van der Waals surface area contributed by atoms with Crippen molar-refractivity contribution in [3.05, 3.63) is 199 Å². The van der Waals surface area contributed by atoms with Crippen molar-refractivity contribution in [2.75, 3.05) is 0 Å². The van der Waals surface area contributed by atoms with Gasteiger partial charge in [-0.15, -0.1) is 29.7 Å². The molecule has 0 saturated carbocycles. The fraction of sp³-hybridized carbons (Fsp3) is 0.158. The Morgan fingerprint density at radius 1 is 0.667 bits per heavy atom. The number of ether oxygens (including phenoxy) is 1. The van der Waals surface area contributed by atoms with Crippen LogP contribution >= 0.6 is 0 Å². The Kier molecular flexibility index (Phi) is 8.26. The smallest absolute Gasteiger partial charge is 0.268 e. The van der Waals surface area contributed by atoms with Gasteiger partial charge in [0.2, 0.25) is 0 Å². The number of aromatic nitrogens is 4. The van der Waals surface area contributed by atoms with Gasteiger partial charge in [-0.25, -0.2) is 4.98 Å². The van der Waals surface area contributed by atoms with Gasteiger partial charge in [-0.1, -0.05) is 162 Å². The van der Waals surface area contributed by atoms with Gasteiger partial charge in [0, 0.05) is 44.3 Å². The summed E-state index contributed by atoms with van der Waals surface area (Å²) in [6.45, 7) is 13.2. The molecule has 10 rings (SSSR count). The summed E-state index contributed by atoms with van der Waals surface area (Å²) in [5.74, 6) is 1.57. The van der Waals surface area contributed by atoms with Crippen molar-refractivity contribution >= 4 is 32.8 Å². The van der Waals surface area contributed by atoms with Crippen LogP contribution in [0.5, 0.6) is 11.5 Å². The zero-order valence-electron chi connectivity index (χ0n) is 45.6. The van der Waals surface area contributed by atoms with Gasteiger partial charge in [-0.2, -0.15) is 18.2 Å². The third kappa shape index (κ3) is 8.15. The largest absolute Gasteiger partial charge is 0.510 e. The molecule has 7 aromatic carbocycles. The van der Waals surface area contributed by atoms with Crippen LogP contribution in [0.25, 0.3) is 72.3 Å². The second-order valence-electron chi connectivity index (χ2n) is 17.6. The van der Waals surface area contributed by atoms with Gasteiger partial charge in [0.25, 0.3) is 6.33 Å². The van der Waals surface area contributed by atoms with E-state index in [0.717, 1.165) is 39.6 Å². The molecule has 0 fully saturated rings. The minimum atomic E-state index is -0.571. The van der Waals surface area contributed by atoms with Gasteiger partial charge in [0.15, 0.2) is 0 Å². The average molecular weight is 1010 g/mol. The van der Waals surface area contributed by atoms with Crippen LogP contribution in [0.1, 0.15) is 66.4 Å². The van der Waals surface area contributed by atoms with Gasteiger partial charge in [-0.05, 0) is 79.9 Å². The molecule has 6 heteroatoms. The monoisotopic (exact) mass is 1010 g/mol. The molecular formula is C57H48N4OPt-2. The molecule has 63 heavy (non-hydrogen) atoms. The topological polar surface area (TPSA) is 35.9 Å². The summed E-state index contributed by atoms with van der Waals surface area (Å²) >= 11 is 0. The van der Waals surface area contributed by atoms with Crippen LogP contribution in [0.15, 0.2) is 170 Å². The molecule has 0 saturated heterocycles. The Balaban J connectivity index is 0.00000656. The Morgan fingerprint density at radius 3 is 2.05 bits per heavy atom. The van der Waals surface area contributed by atoms with Gasteiger partial charge in [-0.3, -0.25) is 4.57 Å². The summed E-state index contributed by atoms with van der Waals surface area (Å²) in [5.41, 5.74) is 5.98. The maximum absolute atomic E-state index is 9.02. The minimum Gasteiger partial charge on any atom is -0.510 e. The SMILES string of the molecule is [2H]c1c([2H])c([2H])c(-c2cccc(-c3c([2H])c([2H])c([2H])c([2H])c3[2H])c2-[n+]2[c-]n(-c3[c-]c(Oc4[c-]c5c(cc4)c4cc(CC(C)(C)C)ccc4n5-c4cc(C(C)(C)C)ccn4)ccc3)c3ccccc32)c([2H])c1[2H].[Pt]. The fourth-order valence-corrected chi connectivity index (χ4v) is 8.10. The van der Waals surface area contributed by atoms with Gasteiger partial charge in [0.1, 0.15) is 5.82 Å². The number of fused-ring (bicyclic) bond motifs is 4. The van der Waals surface area contributed by atoms with Gasteiger partial charge in [0.05, 0.1) is 30.4 Å². The van der Waals surface area contributed by atoms with Crippen molar-refractivity contribution in [1.82, 2.24) is 14.1 Å². The van der Waals surface area contributed by atoms with Crippen LogP contribution < -0.4 is 9.30 Å². The fourth-order valence-electron chi connectivity index (χ4n) is 8.10. The summed E-state index contributed by atoms with van der Waals surface area (Å²) in [5, 5.41) is 2.08. The van der Waals surface area contributed by atoms with Gasteiger partial charge < -0.3 is 13.9 Å². The number of hydrogen-bond acceptors (Lipinski definition) is 2. The molecule has 3 aromatic heterocycles. The molecule has 3 heterocycles. The molecule has 0 amide bonds. The molecule has 10 aromatic rings. The number of benzene rings is 7. The zero-order chi connectivity index (χ0) is 51.3. The molecule has 314 valence electrons. The maximum Gasteiger partial charge on any atom is 0.268 e. The van der Waals surface area contributed by atoms with Crippen molar-refractivity contribution in [3.63, 3.8) is 0 Å². The van der Waals surface area contributed by atoms with Crippen molar-refractivity contribution in [3.8, 4) is 50.9 Å². The van der Waals surface area contributed by atoms with E-state index in [1.807, 2.05) is 54.7 Å². The molecule has 0 aliphatic rings. The number of hydrogen-bond donors (Lipinski definition) is 0. The van der Waals surface area contributed by atoms with Crippen LogP contribution in [0, 0.1) is 23.9 Å². The number of nitrogens with zero attached hydrogens (tertiary/aromatic N) is 4. The first kappa shape index (κ1) is 31.3. The van der Waals surface area contributed by atoms with E-state index in [4.69, 9.17) is 23.4 Å². The third-order valence-corrected chi connectivity index (χ3v) is 10.9. The molecule has 0 radical (unpaired) electrons. The summed E-state index contributed by atoms with van der Waals surface area (Å²) in [4.78, 5) is 4.87. The first-order valence-corrected chi connectivity index (χ1v) is 20.5. The molecule has 0 atom stereocenters. The first-order valence-electron chi connectivity index (χ1n) is 25.5. The second-order valence-corrected chi connectivity index (χ2v) is 17.6. The number of rotatable bonds is 8. The molecule has 5 nitrogen and oxygen atoms in total. The van der Waals surface area contributed by atoms with Crippen LogP contribution in [0.4, 0.5) is 0 Å². The standard InChI is InChI=1S/C57H48N4O.Pt/c1-56(2,3)37-39-27-30-50-49(33-39)48-29-28-45(36-53(48)61(50)54-34-42(31-32-58-54)57(4,5)6)62-44-22-15-21-43(35-44)59-38-60(52-26-14-13-25-51(52)59)55-46(40-17-9-7-10-18-40)23-16-24-47(55)41-19-11-8-12-20-41;/h7-34H,37H2,1-6H3;/q-2;/i7D,8D,9D,10D,11D,12D,17D,18D,19D,20D;. The summed E-state index contributed by atoms with van der Waals surface area (Å²) < 4.78 is 99.1. The number of para-hydroxylation sites is 3. The molecule has 0 bridgehead atoms. The second kappa shape index (κ2) is 16.6. The average Bonchev–Trinajstić information content (AvgIpc) is 3.89. The van der Waals surface area contributed by atoms with E-state index in [1.165, 1.54) is 5.56 Å². The third-order valence-electron chi connectivity index (χ3n) is 10.9. The van der Waals surface area contributed by atoms with E-state index in [9.17, 15) is 0 Å². The molecule has 0 aliphatic carbocycles. The predicted octanol–water partition coefficient (Wildman–Crippen LogP) is 13.8. The van der Waals surface area contributed by atoms with E-state index in [2.05, 4.69) is 94.9 Å². The van der Waals surface area contributed by atoms with E-state index >= 15 is 0 Å². The molecule has 0 spiro atoms. The molecule has 0 unspecified atom stereocenters. The number of pyridine rings is 1. The van der Waals surface area contributed by atoms with Gasteiger partial charge >= 0.3 is 0 Å². The normalized spacial score (nSPS) is 14.1. The van der Waals surface area contributed by atoms with Crippen LogP contribution in [-0.4, -0.2) is 14.1 Å². The maximum atomic E-state index is 9.02. The Morgan fingerprint density at radius 2 is 1.35 bits per heavy atom. The first-order chi connectivity index (χ1) is 34.1.